The predicted octanol–water partition coefficient (Wildman–Crippen LogP) is 3.24. The molecule has 3 heterocycles. The predicted molar refractivity (Wildman–Crippen MR) is 100 cm³/mol. The van der Waals surface area contributed by atoms with Gasteiger partial charge in [0.2, 0.25) is 5.13 Å². The van der Waals surface area contributed by atoms with Crippen LogP contribution in [0, 0.1) is 0 Å². The first kappa shape index (κ1) is 16.6. The molecule has 0 spiro atoms. The summed E-state index contributed by atoms with van der Waals surface area (Å²) in [5.74, 6) is 0. The van der Waals surface area contributed by atoms with Crippen LogP contribution in [0.4, 0.5) is 9.93 Å². The molecule has 2 fully saturated rings. The Morgan fingerprint density at radius 1 is 1.16 bits per heavy atom. The van der Waals surface area contributed by atoms with Crippen molar-refractivity contribution in [3.05, 3.63) is 29.3 Å². The minimum Gasteiger partial charge on any atom is -0.346 e. The van der Waals surface area contributed by atoms with Crippen molar-refractivity contribution in [3.8, 4) is 10.6 Å². The van der Waals surface area contributed by atoms with Gasteiger partial charge in [-0.2, -0.15) is 0 Å². The standard InChI is InChI=1S/C17H20ClN5OS/c18-14-5-2-1-4-13(14)15-20-21-17(25-15)22-10-6-12(7-11-22)23-9-3-8-19-16(23)24/h1-2,4-5,12H,3,6-11H2,(H,19,24). The number of hydrogen-bond donors (Lipinski definition) is 1. The van der Waals surface area contributed by atoms with Crippen LogP contribution in [0.3, 0.4) is 0 Å². The van der Waals surface area contributed by atoms with E-state index in [9.17, 15) is 4.79 Å². The Kier molecular flexibility index (Phi) is 4.76. The lowest BCUT2D eigenvalue weighted by atomic mass is 10.0. The molecule has 1 aromatic heterocycles. The number of hydrogen-bond acceptors (Lipinski definition) is 5. The van der Waals surface area contributed by atoms with Crippen LogP contribution in [0.15, 0.2) is 24.3 Å². The van der Waals surface area contributed by atoms with E-state index < -0.39 is 0 Å². The first-order valence-electron chi connectivity index (χ1n) is 8.60. The average Bonchev–Trinajstić information content (AvgIpc) is 3.13. The number of anilines is 1. The molecule has 2 amide bonds. The van der Waals surface area contributed by atoms with Gasteiger partial charge in [0.1, 0.15) is 0 Å². The summed E-state index contributed by atoms with van der Waals surface area (Å²) in [7, 11) is 0. The third-order valence-electron chi connectivity index (χ3n) is 4.81. The molecule has 2 aromatic rings. The number of nitrogens with zero attached hydrogens (tertiary/aromatic N) is 4. The van der Waals surface area contributed by atoms with Crippen molar-refractivity contribution in [2.45, 2.75) is 25.3 Å². The van der Waals surface area contributed by atoms with E-state index >= 15 is 0 Å². The van der Waals surface area contributed by atoms with E-state index in [0.29, 0.717) is 11.1 Å². The van der Waals surface area contributed by atoms with Gasteiger partial charge in [-0.3, -0.25) is 0 Å². The van der Waals surface area contributed by atoms with Crippen LogP contribution in [0.1, 0.15) is 19.3 Å². The summed E-state index contributed by atoms with van der Waals surface area (Å²) < 4.78 is 0. The third-order valence-corrected chi connectivity index (χ3v) is 6.15. The second kappa shape index (κ2) is 7.17. The first-order chi connectivity index (χ1) is 12.2. The Morgan fingerprint density at radius 2 is 1.96 bits per heavy atom. The highest BCUT2D eigenvalue weighted by Crippen LogP contribution is 2.34. The number of amides is 2. The molecule has 0 radical (unpaired) electrons. The van der Waals surface area contributed by atoms with Crippen molar-refractivity contribution in [3.63, 3.8) is 0 Å². The number of carbonyl (C=O) groups excluding carboxylic acids is 1. The quantitative estimate of drug-likeness (QED) is 0.891. The highest BCUT2D eigenvalue weighted by atomic mass is 35.5. The third kappa shape index (κ3) is 3.43. The number of nitrogens with one attached hydrogen (secondary N) is 1. The maximum absolute atomic E-state index is 12.0. The van der Waals surface area contributed by atoms with Crippen molar-refractivity contribution < 1.29 is 4.79 Å². The molecular formula is C17H20ClN5OS. The SMILES string of the molecule is O=C1NCCCN1C1CCN(c2nnc(-c3ccccc3Cl)s2)CC1. The topological polar surface area (TPSA) is 61.4 Å². The number of aromatic nitrogens is 2. The molecule has 0 saturated carbocycles. The van der Waals surface area contributed by atoms with Crippen LogP contribution in [0.25, 0.3) is 10.6 Å². The van der Waals surface area contributed by atoms with Crippen molar-refractivity contribution in [2.24, 2.45) is 0 Å². The van der Waals surface area contributed by atoms with Gasteiger partial charge in [-0.1, -0.05) is 41.1 Å². The van der Waals surface area contributed by atoms with Gasteiger partial charge in [0.05, 0.1) is 5.02 Å². The van der Waals surface area contributed by atoms with Gasteiger partial charge < -0.3 is 15.1 Å². The van der Waals surface area contributed by atoms with Crippen molar-refractivity contribution in [1.82, 2.24) is 20.4 Å². The van der Waals surface area contributed by atoms with E-state index in [1.54, 1.807) is 11.3 Å². The molecule has 2 aliphatic heterocycles. The monoisotopic (exact) mass is 377 g/mol. The Hall–Kier alpha value is -1.86. The summed E-state index contributed by atoms with van der Waals surface area (Å²) in [6.07, 6.45) is 2.96. The lowest BCUT2D eigenvalue weighted by molar-refractivity contribution is 0.149. The van der Waals surface area contributed by atoms with Gasteiger partial charge in [-0.05, 0) is 25.3 Å². The Bertz CT molecular complexity index is 759. The highest BCUT2D eigenvalue weighted by molar-refractivity contribution is 7.18. The van der Waals surface area contributed by atoms with Gasteiger partial charge in [0, 0.05) is 37.8 Å². The number of carbonyl (C=O) groups is 1. The molecule has 0 aliphatic carbocycles. The average molecular weight is 378 g/mol. The minimum atomic E-state index is 0.0848. The first-order valence-corrected chi connectivity index (χ1v) is 9.79. The van der Waals surface area contributed by atoms with Crippen LogP contribution in [-0.2, 0) is 0 Å². The van der Waals surface area contributed by atoms with Gasteiger partial charge in [0.25, 0.3) is 0 Å². The van der Waals surface area contributed by atoms with Crippen LogP contribution in [0.2, 0.25) is 5.02 Å². The Morgan fingerprint density at radius 3 is 2.72 bits per heavy atom. The van der Waals surface area contributed by atoms with Crippen molar-refractivity contribution in [2.75, 3.05) is 31.1 Å². The number of benzene rings is 1. The van der Waals surface area contributed by atoms with Gasteiger partial charge in [-0.15, -0.1) is 10.2 Å². The fourth-order valence-electron chi connectivity index (χ4n) is 3.45. The molecule has 2 saturated heterocycles. The molecule has 8 heteroatoms. The zero-order chi connectivity index (χ0) is 17.2. The number of rotatable bonds is 3. The Labute approximate surface area is 155 Å². The van der Waals surface area contributed by atoms with E-state index in [4.69, 9.17) is 11.6 Å². The van der Waals surface area contributed by atoms with E-state index in [0.717, 1.165) is 61.1 Å². The molecule has 0 bridgehead atoms. The number of halogens is 1. The second-order valence-corrected chi connectivity index (χ2v) is 7.73. The smallest absolute Gasteiger partial charge is 0.317 e. The molecule has 1 aromatic carbocycles. The van der Waals surface area contributed by atoms with E-state index in [1.165, 1.54) is 0 Å². The Balaban J connectivity index is 1.41. The summed E-state index contributed by atoms with van der Waals surface area (Å²) in [6, 6.07) is 8.11. The van der Waals surface area contributed by atoms with Gasteiger partial charge >= 0.3 is 6.03 Å². The minimum absolute atomic E-state index is 0.0848. The highest BCUT2D eigenvalue weighted by Gasteiger charge is 2.30. The molecule has 4 rings (SSSR count). The summed E-state index contributed by atoms with van der Waals surface area (Å²) >= 11 is 7.82. The summed E-state index contributed by atoms with van der Waals surface area (Å²) in [5, 5.41) is 14.1. The fourth-order valence-corrected chi connectivity index (χ4v) is 4.67. The van der Waals surface area contributed by atoms with Crippen LogP contribution >= 0.6 is 22.9 Å². The molecule has 6 nitrogen and oxygen atoms in total. The van der Waals surface area contributed by atoms with Crippen LogP contribution in [0.5, 0.6) is 0 Å². The fraction of sp³-hybridized carbons (Fsp3) is 0.471. The van der Waals surface area contributed by atoms with Crippen molar-refractivity contribution >= 4 is 34.1 Å². The number of urea groups is 1. The molecule has 132 valence electrons. The van der Waals surface area contributed by atoms with Crippen LogP contribution < -0.4 is 10.2 Å². The molecular weight excluding hydrogens is 358 g/mol. The lowest BCUT2D eigenvalue weighted by Crippen LogP contribution is -2.54. The maximum atomic E-state index is 12.0. The molecule has 0 atom stereocenters. The van der Waals surface area contributed by atoms with Crippen LogP contribution in [-0.4, -0.2) is 53.3 Å². The van der Waals surface area contributed by atoms with Gasteiger partial charge in [0.15, 0.2) is 5.01 Å². The van der Waals surface area contributed by atoms with Gasteiger partial charge in [-0.25, -0.2) is 4.79 Å². The normalized spacial score (nSPS) is 19.2. The number of piperidine rings is 1. The van der Waals surface area contributed by atoms with Crippen molar-refractivity contribution in [1.29, 1.82) is 0 Å². The molecule has 2 aliphatic rings. The summed E-state index contributed by atoms with van der Waals surface area (Å²) in [6.45, 7) is 3.45. The molecule has 25 heavy (non-hydrogen) atoms. The summed E-state index contributed by atoms with van der Waals surface area (Å²) in [4.78, 5) is 16.3. The maximum Gasteiger partial charge on any atom is 0.317 e. The van der Waals surface area contributed by atoms with E-state index in [2.05, 4.69) is 20.4 Å². The summed E-state index contributed by atoms with van der Waals surface area (Å²) in [5.41, 5.74) is 0.924. The van der Waals surface area contributed by atoms with E-state index in [1.807, 2.05) is 29.2 Å². The molecule has 0 unspecified atom stereocenters. The zero-order valence-corrected chi connectivity index (χ0v) is 15.4. The second-order valence-electron chi connectivity index (χ2n) is 6.37. The molecule has 1 N–H and O–H groups in total. The largest absolute Gasteiger partial charge is 0.346 e. The zero-order valence-electron chi connectivity index (χ0n) is 13.8. The lowest BCUT2D eigenvalue weighted by Gasteiger charge is -2.40. The van der Waals surface area contributed by atoms with E-state index in [-0.39, 0.29) is 6.03 Å².